The molecule has 0 spiro atoms. The smallest absolute Gasteiger partial charge is 0.330 e. The maximum atomic E-state index is 11.5. The van der Waals surface area contributed by atoms with Crippen LogP contribution >= 0.6 is 11.6 Å². The molecule has 0 aliphatic heterocycles. The molecule has 114 valence electrons. The van der Waals surface area contributed by atoms with Gasteiger partial charge in [0.1, 0.15) is 11.5 Å². The second kappa shape index (κ2) is 6.95. The largest absolute Gasteiger partial charge is 0.457 e. The summed E-state index contributed by atoms with van der Waals surface area (Å²) in [4.78, 5) is 27.4. The average Bonchev–Trinajstić information content (AvgIpc) is 2.45. The summed E-state index contributed by atoms with van der Waals surface area (Å²) in [5.41, 5.74) is 0.432. The lowest BCUT2D eigenvalue weighted by Crippen LogP contribution is -2.30. The van der Waals surface area contributed by atoms with Gasteiger partial charge in [0.2, 0.25) is 0 Å². The van der Waals surface area contributed by atoms with Crippen molar-refractivity contribution in [3.8, 4) is 11.5 Å². The number of carbonyl (C=O) groups excluding carboxylic acids is 2. The molecule has 6 heteroatoms. The van der Waals surface area contributed by atoms with Gasteiger partial charge < -0.3 is 9.57 Å². The van der Waals surface area contributed by atoms with E-state index in [0.29, 0.717) is 22.2 Å². The van der Waals surface area contributed by atoms with E-state index in [1.165, 1.54) is 13.8 Å². The van der Waals surface area contributed by atoms with E-state index in [4.69, 9.17) is 21.2 Å². The number of halogens is 1. The molecule has 2 aromatic rings. The molecule has 0 fully saturated rings. The quantitative estimate of drug-likeness (QED) is 0.803. The molecule has 0 bridgehead atoms. The van der Waals surface area contributed by atoms with E-state index in [9.17, 15) is 9.59 Å². The molecule has 0 aliphatic carbocycles. The highest BCUT2D eigenvalue weighted by Crippen LogP contribution is 2.26. The van der Waals surface area contributed by atoms with Gasteiger partial charge in [0.15, 0.2) is 0 Å². The Balaban J connectivity index is 2.15. The molecule has 0 aliphatic rings. The number of anilines is 1. The molecule has 0 aromatic heterocycles. The van der Waals surface area contributed by atoms with Crippen molar-refractivity contribution >= 4 is 29.2 Å². The Morgan fingerprint density at radius 1 is 1.00 bits per heavy atom. The fourth-order valence-corrected chi connectivity index (χ4v) is 1.92. The van der Waals surface area contributed by atoms with Crippen LogP contribution in [0.1, 0.15) is 13.8 Å². The number of nitrogens with zero attached hydrogens (tertiary/aromatic N) is 1. The lowest BCUT2D eigenvalue weighted by molar-refractivity contribution is -0.147. The Morgan fingerprint density at radius 3 is 2.23 bits per heavy atom. The molecular formula is C16H14ClNO4. The summed E-state index contributed by atoms with van der Waals surface area (Å²) in [6.45, 7) is 2.53. The van der Waals surface area contributed by atoms with Gasteiger partial charge in [-0.3, -0.25) is 4.79 Å². The van der Waals surface area contributed by atoms with E-state index in [2.05, 4.69) is 0 Å². The maximum Gasteiger partial charge on any atom is 0.330 e. The van der Waals surface area contributed by atoms with Crippen molar-refractivity contribution in [2.24, 2.45) is 0 Å². The summed E-state index contributed by atoms with van der Waals surface area (Å²) in [5.74, 6) is 0.189. The van der Waals surface area contributed by atoms with Crippen molar-refractivity contribution < 1.29 is 19.2 Å². The number of hydrogen-bond acceptors (Lipinski definition) is 4. The highest BCUT2D eigenvalue weighted by atomic mass is 35.5. The highest BCUT2D eigenvalue weighted by Gasteiger charge is 2.15. The number of hydroxylamine groups is 1. The monoisotopic (exact) mass is 319 g/mol. The summed E-state index contributed by atoms with van der Waals surface area (Å²) in [7, 11) is 0. The molecule has 2 aromatic carbocycles. The van der Waals surface area contributed by atoms with Crippen molar-refractivity contribution in [1.29, 1.82) is 0 Å². The Labute approximate surface area is 133 Å². The summed E-state index contributed by atoms with van der Waals surface area (Å²) in [6, 6.07) is 13.6. The first-order valence-corrected chi connectivity index (χ1v) is 6.86. The van der Waals surface area contributed by atoms with Gasteiger partial charge in [-0.15, -0.1) is 5.06 Å². The first-order chi connectivity index (χ1) is 10.5. The van der Waals surface area contributed by atoms with Crippen LogP contribution in [0.25, 0.3) is 0 Å². The van der Waals surface area contributed by atoms with E-state index in [1.54, 1.807) is 48.5 Å². The number of ether oxygens (including phenoxy) is 1. The zero-order valence-corrected chi connectivity index (χ0v) is 12.8. The van der Waals surface area contributed by atoms with Crippen molar-refractivity contribution in [2.45, 2.75) is 13.8 Å². The summed E-state index contributed by atoms with van der Waals surface area (Å²) in [5, 5.41) is 1.50. The molecule has 0 saturated heterocycles. The minimum atomic E-state index is -0.575. The van der Waals surface area contributed by atoms with E-state index in [-0.39, 0.29) is 0 Å². The van der Waals surface area contributed by atoms with E-state index in [0.717, 1.165) is 5.06 Å². The lowest BCUT2D eigenvalue weighted by atomic mass is 10.3. The van der Waals surface area contributed by atoms with Crippen LogP contribution < -0.4 is 9.80 Å². The van der Waals surface area contributed by atoms with Gasteiger partial charge in [0.05, 0.1) is 5.69 Å². The third-order valence-electron chi connectivity index (χ3n) is 2.61. The van der Waals surface area contributed by atoms with Gasteiger partial charge in [0.25, 0.3) is 5.91 Å². The zero-order chi connectivity index (χ0) is 16.1. The lowest BCUT2D eigenvalue weighted by Gasteiger charge is -2.18. The summed E-state index contributed by atoms with van der Waals surface area (Å²) >= 11 is 5.89. The van der Waals surface area contributed by atoms with E-state index in [1.807, 2.05) is 0 Å². The Morgan fingerprint density at radius 2 is 1.68 bits per heavy atom. The molecule has 5 nitrogen and oxygen atoms in total. The number of rotatable bonds is 3. The van der Waals surface area contributed by atoms with E-state index >= 15 is 0 Å². The maximum absolute atomic E-state index is 11.5. The van der Waals surface area contributed by atoms with Crippen molar-refractivity contribution in [1.82, 2.24) is 0 Å². The number of hydrogen-bond donors (Lipinski definition) is 0. The third-order valence-corrected chi connectivity index (χ3v) is 2.84. The van der Waals surface area contributed by atoms with Crippen LogP contribution in [0, 0.1) is 0 Å². The topological polar surface area (TPSA) is 55.8 Å². The zero-order valence-electron chi connectivity index (χ0n) is 12.1. The summed E-state index contributed by atoms with van der Waals surface area (Å²) in [6.07, 6.45) is 0. The van der Waals surface area contributed by atoms with Gasteiger partial charge in [-0.05, 0) is 42.5 Å². The third kappa shape index (κ3) is 4.23. The van der Waals surface area contributed by atoms with E-state index < -0.39 is 11.9 Å². The van der Waals surface area contributed by atoms with Crippen LogP contribution in [-0.4, -0.2) is 11.9 Å². The Bertz CT molecular complexity index is 685. The molecule has 0 saturated carbocycles. The fraction of sp³-hybridized carbons (Fsp3) is 0.125. The minimum Gasteiger partial charge on any atom is -0.457 e. The standard InChI is InChI=1S/C16H14ClNO4/c1-11(19)18(22-12(2)20)14-6-8-15(9-7-14)21-16-5-3-4-13(17)10-16/h3-10H,1-2H3. The minimum absolute atomic E-state index is 0.404. The van der Waals surface area contributed by atoms with Gasteiger partial charge in [0, 0.05) is 18.9 Å². The molecule has 0 N–H and O–H groups in total. The van der Waals surface area contributed by atoms with Gasteiger partial charge in [-0.25, -0.2) is 4.79 Å². The van der Waals surface area contributed by atoms with Crippen LogP contribution in [0.3, 0.4) is 0 Å². The molecular weight excluding hydrogens is 306 g/mol. The first kappa shape index (κ1) is 15.9. The second-order valence-corrected chi connectivity index (χ2v) is 4.89. The predicted octanol–water partition coefficient (Wildman–Crippen LogP) is 3.96. The van der Waals surface area contributed by atoms with Crippen molar-refractivity contribution in [2.75, 3.05) is 5.06 Å². The highest BCUT2D eigenvalue weighted by molar-refractivity contribution is 6.30. The van der Waals surface area contributed by atoms with Crippen LogP contribution in [0.4, 0.5) is 5.69 Å². The van der Waals surface area contributed by atoms with Crippen LogP contribution in [-0.2, 0) is 14.4 Å². The van der Waals surface area contributed by atoms with Gasteiger partial charge in [-0.1, -0.05) is 17.7 Å². The van der Waals surface area contributed by atoms with Crippen molar-refractivity contribution in [3.63, 3.8) is 0 Å². The number of amides is 1. The molecule has 0 atom stereocenters. The molecule has 0 unspecified atom stereocenters. The Hall–Kier alpha value is -2.53. The van der Waals surface area contributed by atoms with Crippen LogP contribution in [0.2, 0.25) is 5.02 Å². The molecule has 0 heterocycles. The van der Waals surface area contributed by atoms with Crippen molar-refractivity contribution in [3.05, 3.63) is 53.6 Å². The SMILES string of the molecule is CC(=O)ON(C(C)=O)c1ccc(Oc2cccc(Cl)c2)cc1. The molecule has 0 radical (unpaired) electrons. The first-order valence-electron chi connectivity index (χ1n) is 6.48. The fourth-order valence-electron chi connectivity index (χ4n) is 1.74. The molecule has 1 amide bonds. The van der Waals surface area contributed by atoms with Gasteiger partial charge in [-0.2, -0.15) is 0 Å². The average molecular weight is 320 g/mol. The predicted molar refractivity (Wildman–Crippen MR) is 82.9 cm³/mol. The Kier molecular flexibility index (Phi) is 5.01. The van der Waals surface area contributed by atoms with Crippen LogP contribution in [0.5, 0.6) is 11.5 Å². The van der Waals surface area contributed by atoms with Crippen LogP contribution in [0.15, 0.2) is 48.5 Å². The number of benzene rings is 2. The normalized spacial score (nSPS) is 9.95. The molecule has 22 heavy (non-hydrogen) atoms. The second-order valence-electron chi connectivity index (χ2n) is 4.45. The summed E-state index contributed by atoms with van der Waals surface area (Å²) < 4.78 is 5.64. The molecule has 2 rings (SSSR count). The number of carbonyl (C=O) groups is 2. The van der Waals surface area contributed by atoms with Gasteiger partial charge >= 0.3 is 5.97 Å².